The number of carbonyl (C=O) groups excluding carboxylic acids is 1. The normalized spacial score (nSPS) is 10.8. The second-order valence-electron chi connectivity index (χ2n) is 4.92. The molecule has 0 atom stereocenters. The van der Waals surface area contributed by atoms with E-state index in [1.807, 2.05) is 11.4 Å². The van der Waals surface area contributed by atoms with Crippen LogP contribution < -0.4 is 5.32 Å². The fraction of sp³-hybridized carbons (Fsp3) is 0.250. The average Bonchev–Trinajstić information content (AvgIpc) is 3.02. The maximum Gasteiger partial charge on any atom is 0.258 e. The van der Waals surface area contributed by atoms with Gasteiger partial charge in [0, 0.05) is 18.8 Å². The summed E-state index contributed by atoms with van der Waals surface area (Å²) in [6, 6.07) is 5.42. The van der Waals surface area contributed by atoms with Crippen LogP contribution in [0.25, 0.3) is 10.2 Å². The fourth-order valence-corrected chi connectivity index (χ4v) is 2.90. The lowest BCUT2D eigenvalue weighted by molar-refractivity contribution is 0.102. The molecule has 0 spiro atoms. The van der Waals surface area contributed by atoms with Crippen LogP contribution in [0.1, 0.15) is 35.9 Å². The quantitative estimate of drug-likeness (QED) is 0.780. The van der Waals surface area contributed by atoms with Crippen LogP contribution in [-0.2, 0) is 6.42 Å². The number of aryl methyl sites for hydroxylation is 1. The van der Waals surface area contributed by atoms with Crippen LogP contribution in [0, 0.1) is 0 Å². The monoisotopic (exact) mass is 312 g/mol. The second-order valence-corrected chi connectivity index (χ2v) is 5.84. The van der Waals surface area contributed by atoms with Crippen molar-refractivity contribution in [1.29, 1.82) is 0 Å². The van der Waals surface area contributed by atoms with Gasteiger partial charge in [-0.25, -0.2) is 9.97 Å². The summed E-state index contributed by atoms with van der Waals surface area (Å²) in [7, 11) is 0. The highest BCUT2D eigenvalue weighted by Crippen LogP contribution is 2.26. The van der Waals surface area contributed by atoms with Crippen molar-refractivity contribution in [3.63, 3.8) is 0 Å². The molecule has 0 fully saturated rings. The van der Waals surface area contributed by atoms with E-state index in [4.69, 9.17) is 0 Å². The Morgan fingerprint density at radius 3 is 3.00 bits per heavy atom. The number of hydrogen-bond acceptors (Lipinski definition) is 5. The topological polar surface area (TPSA) is 67.8 Å². The standard InChI is InChI=1S/C16H16N4OS/c1-2-3-6-13-18-12-7-9-22-14(12)15(19-13)20-16(21)11-5-4-8-17-10-11/h4-5,7-10H,2-3,6H2,1H3,(H,18,19,20,21). The maximum absolute atomic E-state index is 12.3. The zero-order chi connectivity index (χ0) is 15.4. The Bertz CT molecular complexity index is 785. The van der Waals surface area contributed by atoms with Gasteiger partial charge in [0.25, 0.3) is 5.91 Å². The molecule has 1 N–H and O–H groups in total. The van der Waals surface area contributed by atoms with Crippen molar-refractivity contribution < 1.29 is 4.79 Å². The van der Waals surface area contributed by atoms with Crippen molar-refractivity contribution in [3.8, 4) is 0 Å². The lowest BCUT2D eigenvalue weighted by atomic mass is 10.2. The minimum atomic E-state index is -0.206. The number of amides is 1. The van der Waals surface area contributed by atoms with Gasteiger partial charge in [-0.15, -0.1) is 11.3 Å². The largest absolute Gasteiger partial charge is 0.305 e. The Morgan fingerprint density at radius 2 is 2.23 bits per heavy atom. The van der Waals surface area contributed by atoms with Gasteiger partial charge in [0.15, 0.2) is 5.82 Å². The highest BCUT2D eigenvalue weighted by molar-refractivity contribution is 7.17. The summed E-state index contributed by atoms with van der Waals surface area (Å²) in [6.45, 7) is 2.13. The Morgan fingerprint density at radius 1 is 1.32 bits per heavy atom. The van der Waals surface area contributed by atoms with Crippen molar-refractivity contribution in [2.24, 2.45) is 0 Å². The number of thiophene rings is 1. The molecule has 0 bridgehead atoms. The molecule has 0 saturated heterocycles. The van der Waals surface area contributed by atoms with Gasteiger partial charge in [-0.2, -0.15) is 0 Å². The van der Waals surface area contributed by atoms with E-state index in [1.54, 1.807) is 24.5 Å². The van der Waals surface area contributed by atoms with Crippen LogP contribution in [0.5, 0.6) is 0 Å². The number of hydrogen-bond donors (Lipinski definition) is 1. The Kier molecular flexibility index (Phi) is 4.39. The van der Waals surface area contributed by atoms with E-state index < -0.39 is 0 Å². The van der Waals surface area contributed by atoms with Crippen LogP contribution in [0.2, 0.25) is 0 Å². The van der Waals surface area contributed by atoms with E-state index >= 15 is 0 Å². The number of carbonyl (C=O) groups is 1. The summed E-state index contributed by atoms with van der Waals surface area (Å²) in [5.41, 5.74) is 1.40. The van der Waals surface area contributed by atoms with Crippen molar-refractivity contribution in [3.05, 3.63) is 47.4 Å². The predicted molar refractivity (Wildman–Crippen MR) is 88.2 cm³/mol. The molecule has 0 aliphatic heterocycles. The van der Waals surface area contributed by atoms with Gasteiger partial charge in [0.1, 0.15) is 5.82 Å². The van der Waals surface area contributed by atoms with Crippen LogP contribution in [0.4, 0.5) is 5.82 Å². The van der Waals surface area contributed by atoms with Gasteiger partial charge in [0.2, 0.25) is 0 Å². The van der Waals surface area contributed by atoms with Crippen molar-refractivity contribution in [2.75, 3.05) is 5.32 Å². The van der Waals surface area contributed by atoms with Gasteiger partial charge >= 0.3 is 0 Å². The minimum absolute atomic E-state index is 0.206. The Balaban J connectivity index is 1.91. The number of aromatic nitrogens is 3. The molecule has 0 unspecified atom stereocenters. The lowest BCUT2D eigenvalue weighted by Gasteiger charge is -2.07. The molecule has 0 saturated carbocycles. The molecule has 0 radical (unpaired) electrons. The molecule has 3 heterocycles. The number of nitrogens with zero attached hydrogens (tertiary/aromatic N) is 3. The van der Waals surface area contributed by atoms with Crippen LogP contribution >= 0.6 is 11.3 Å². The molecule has 22 heavy (non-hydrogen) atoms. The summed E-state index contributed by atoms with van der Waals surface area (Å²) in [6.07, 6.45) is 6.12. The maximum atomic E-state index is 12.3. The molecular formula is C16H16N4OS. The first kappa shape index (κ1) is 14.6. The third kappa shape index (κ3) is 3.12. The number of pyridine rings is 1. The van der Waals surface area contributed by atoms with Gasteiger partial charge < -0.3 is 5.32 Å². The van der Waals surface area contributed by atoms with Crippen LogP contribution in [-0.4, -0.2) is 20.9 Å². The molecule has 3 aromatic heterocycles. The van der Waals surface area contributed by atoms with Gasteiger partial charge in [-0.1, -0.05) is 13.3 Å². The van der Waals surface area contributed by atoms with Crippen molar-refractivity contribution >= 4 is 33.3 Å². The first-order valence-electron chi connectivity index (χ1n) is 7.23. The lowest BCUT2D eigenvalue weighted by Crippen LogP contribution is -2.14. The first-order chi connectivity index (χ1) is 10.8. The van der Waals surface area contributed by atoms with E-state index in [2.05, 4.69) is 27.2 Å². The first-order valence-corrected chi connectivity index (χ1v) is 8.11. The summed E-state index contributed by atoms with van der Waals surface area (Å²) in [4.78, 5) is 25.3. The zero-order valence-corrected chi connectivity index (χ0v) is 13.1. The fourth-order valence-electron chi connectivity index (χ4n) is 2.12. The molecule has 1 amide bonds. The molecular weight excluding hydrogens is 296 g/mol. The highest BCUT2D eigenvalue weighted by Gasteiger charge is 2.13. The smallest absolute Gasteiger partial charge is 0.258 e. The Labute approximate surface area is 132 Å². The minimum Gasteiger partial charge on any atom is -0.305 e. The molecule has 3 rings (SSSR count). The number of nitrogens with one attached hydrogen (secondary N) is 1. The molecule has 0 aromatic carbocycles. The van der Waals surface area contributed by atoms with Gasteiger partial charge in [-0.3, -0.25) is 9.78 Å². The number of rotatable bonds is 5. The molecule has 112 valence electrons. The van der Waals surface area contributed by atoms with Gasteiger partial charge in [-0.05, 0) is 30.0 Å². The number of fused-ring (bicyclic) bond motifs is 1. The molecule has 0 aliphatic carbocycles. The summed E-state index contributed by atoms with van der Waals surface area (Å²) >= 11 is 1.53. The average molecular weight is 312 g/mol. The van der Waals surface area contributed by atoms with E-state index in [0.29, 0.717) is 11.4 Å². The second kappa shape index (κ2) is 6.62. The van der Waals surface area contributed by atoms with Crippen LogP contribution in [0.3, 0.4) is 0 Å². The van der Waals surface area contributed by atoms with Gasteiger partial charge in [0.05, 0.1) is 15.8 Å². The van der Waals surface area contributed by atoms with Crippen molar-refractivity contribution in [2.45, 2.75) is 26.2 Å². The summed E-state index contributed by atoms with van der Waals surface area (Å²) in [5.74, 6) is 1.15. The third-order valence-electron chi connectivity index (χ3n) is 3.26. The Hall–Kier alpha value is -2.34. The molecule has 0 aliphatic rings. The highest BCUT2D eigenvalue weighted by atomic mass is 32.1. The molecule has 5 nitrogen and oxygen atoms in total. The zero-order valence-electron chi connectivity index (χ0n) is 12.2. The van der Waals surface area contributed by atoms with Crippen molar-refractivity contribution in [1.82, 2.24) is 15.0 Å². The summed E-state index contributed by atoms with van der Waals surface area (Å²) < 4.78 is 0.900. The molecule has 6 heteroatoms. The van der Waals surface area contributed by atoms with E-state index in [1.165, 1.54) is 11.3 Å². The number of unbranched alkanes of at least 4 members (excludes halogenated alkanes) is 1. The number of anilines is 1. The van der Waals surface area contributed by atoms with E-state index in [9.17, 15) is 4.79 Å². The van der Waals surface area contributed by atoms with E-state index in [0.717, 1.165) is 35.3 Å². The van der Waals surface area contributed by atoms with Crippen LogP contribution in [0.15, 0.2) is 36.0 Å². The third-order valence-corrected chi connectivity index (χ3v) is 4.17. The molecule has 3 aromatic rings. The van der Waals surface area contributed by atoms with E-state index in [-0.39, 0.29) is 5.91 Å². The SMILES string of the molecule is CCCCc1nc(NC(=O)c2cccnc2)c2sccc2n1. The summed E-state index contributed by atoms with van der Waals surface area (Å²) in [5, 5.41) is 4.85. The predicted octanol–water partition coefficient (Wildman–Crippen LogP) is 3.68.